The molecule has 1 aliphatic carbocycles. The normalized spacial score (nSPS) is 24.8. The number of nitrogens with zero attached hydrogens (tertiary/aromatic N) is 4. The van der Waals surface area contributed by atoms with Gasteiger partial charge < -0.3 is 4.90 Å². The third kappa shape index (κ3) is 1.88. The van der Waals surface area contributed by atoms with Crippen LogP contribution in [0.5, 0.6) is 0 Å². The standard InChI is InChI=1S/C11H16N6O2/c1-6-9(17(18)19)10(14-11(13-6)15-12)16-5-7-2-3-8(16)4-7/h7-8H,2-5,12H2,1H3,(H,13,14,15). The molecule has 1 aromatic rings. The van der Waals surface area contributed by atoms with Crippen LogP contribution in [0.25, 0.3) is 0 Å². The van der Waals surface area contributed by atoms with E-state index in [2.05, 4.69) is 15.4 Å². The summed E-state index contributed by atoms with van der Waals surface area (Å²) in [5.74, 6) is 6.58. The van der Waals surface area contributed by atoms with Crippen LogP contribution in [0.3, 0.4) is 0 Å². The molecule has 1 saturated heterocycles. The van der Waals surface area contributed by atoms with Crippen molar-refractivity contribution in [3.63, 3.8) is 0 Å². The molecule has 8 nitrogen and oxygen atoms in total. The molecule has 1 aliphatic heterocycles. The van der Waals surface area contributed by atoms with Gasteiger partial charge >= 0.3 is 5.69 Å². The highest BCUT2D eigenvalue weighted by Crippen LogP contribution is 2.42. The summed E-state index contributed by atoms with van der Waals surface area (Å²) >= 11 is 0. The number of nitrogen functional groups attached to an aromatic ring is 1. The Morgan fingerprint density at radius 3 is 2.79 bits per heavy atom. The number of piperidine rings is 1. The molecule has 1 aromatic heterocycles. The topological polar surface area (TPSA) is 110 Å². The molecule has 0 radical (unpaired) electrons. The zero-order valence-electron chi connectivity index (χ0n) is 10.7. The van der Waals surface area contributed by atoms with Crippen LogP contribution in [0.1, 0.15) is 25.0 Å². The summed E-state index contributed by atoms with van der Waals surface area (Å²) in [4.78, 5) is 21.1. The highest BCUT2D eigenvalue weighted by Gasteiger charge is 2.41. The molecule has 3 N–H and O–H groups in total. The maximum atomic E-state index is 11.3. The van der Waals surface area contributed by atoms with Gasteiger partial charge in [0.1, 0.15) is 5.69 Å². The monoisotopic (exact) mass is 264 g/mol. The van der Waals surface area contributed by atoms with E-state index in [-0.39, 0.29) is 11.6 Å². The number of hydrogen-bond acceptors (Lipinski definition) is 7. The Kier molecular flexibility index (Phi) is 2.74. The van der Waals surface area contributed by atoms with E-state index in [1.165, 1.54) is 6.42 Å². The molecule has 0 aromatic carbocycles. The number of anilines is 2. The zero-order chi connectivity index (χ0) is 13.6. The third-order valence-electron chi connectivity index (χ3n) is 4.03. The minimum absolute atomic E-state index is 0.00782. The Morgan fingerprint density at radius 1 is 1.47 bits per heavy atom. The summed E-state index contributed by atoms with van der Waals surface area (Å²) in [5, 5.41) is 11.3. The van der Waals surface area contributed by atoms with Crippen LogP contribution in [0.4, 0.5) is 17.5 Å². The van der Waals surface area contributed by atoms with Gasteiger partial charge in [-0.15, -0.1) is 0 Å². The van der Waals surface area contributed by atoms with Crippen molar-refractivity contribution < 1.29 is 4.92 Å². The number of rotatable bonds is 3. The van der Waals surface area contributed by atoms with Crippen LogP contribution in [-0.2, 0) is 0 Å². The van der Waals surface area contributed by atoms with Crippen molar-refractivity contribution >= 4 is 17.5 Å². The van der Waals surface area contributed by atoms with Gasteiger partial charge in [0, 0.05) is 12.6 Å². The molecule has 0 spiro atoms. The molecule has 2 bridgehead atoms. The van der Waals surface area contributed by atoms with Gasteiger partial charge in [0.05, 0.1) is 4.92 Å². The summed E-state index contributed by atoms with van der Waals surface area (Å²) in [6.07, 6.45) is 3.39. The largest absolute Gasteiger partial charge is 0.347 e. The average molecular weight is 264 g/mol. The zero-order valence-corrected chi connectivity index (χ0v) is 10.7. The number of nitrogens with one attached hydrogen (secondary N) is 1. The van der Waals surface area contributed by atoms with Gasteiger partial charge in [-0.3, -0.25) is 15.5 Å². The lowest BCUT2D eigenvalue weighted by Crippen LogP contribution is -2.33. The third-order valence-corrected chi connectivity index (χ3v) is 4.03. The minimum Gasteiger partial charge on any atom is -0.347 e. The molecule has 2 heterocycles. The fourth-order valence-electron chi connectivity index (χ4n) is 3.21. The first-order chi connectivity index (χ1) is 9.10. The number of hydrogen-bond donors (Lipinski definition) is 2. The van der Waals surface area contributed by atoms with Crippen molar-refractivity contribution in [2.24, 2.45) is 11.8 Å². The van der Waals surface area contributed by atoms with Gasteiger partial charge in [0.2, 0.25) is 11.8 Å². The lowest BCUT2D eigenvalue weighted by atomic mass is 10.1. The molecule has 0 amide bonds. The Hall–Kier alpha value is -1.96. The summed E-state index contributed by atoms with van der Waals surface area (Å²) in [6, 6.07) is 0.364. The Bertz CT molecular complexity index is 534. The van der Waals surface area contributed by atoms with E-state index in [0.717, 1.165) is 19.4 Å². The Labute approximate surface area is 110 Å². The van der Waals surface area contributed by atoms with E-state index < -0.39 is 4.92 Å². The smallest absolute Gasteiger partial charge is 0.332 e. The van der Waals surface area contributed by atoms with Gasteiger partial charge in [-0.25, -0.2) is 10.8 Å². The van der Waals surface area contributed by atoms with Crippen molar-refractivity contribution in [2.45, 2.75) is 32.2 Å². The quantitative estimate of drug-likeness (QED) is 0.475. The van der Waals surface area contributed by atoms with E-state index in [0.29, 0.717) is 23.5 Å². The van der Waals surface area contributed by atoms with E-state index >= 15 is 0 Å². The van der Waals surface area contributed by atoms with E-state index in [4.69, 9.17) is 5.84 Å². The molecule has 102 valence electrons. The molecule has 1 saturated carbocycles. The highest BCUT2D eigenvalue weighted by atomic mass is 16.6. The van der Waals surface area contributed by atoms with E-state index in [9.17, 15) is 10.1 Å². The average Bonchev–Trinajstić information content (AvgIpc) is 2.99. The molecule has 2 aliphatic rings. The number of nitrogens with two attached hydrogens (primary N) is 1. The Morgan fingerprint density at radius 2 is 2.26 bits per heavy atom. The first-order valence-electron chi connectivity index (χ1n) is 6.36. The number of aryl methyl sites for hydroxylation is 1. The van der Waals surface area contributed by atoms with Gasteiger partial charge in [-0.2, -0.15) is 4.98 Å². The van der Waals surface area contributed by atoms with Crippen LogP contribution < -0.4 is 16.2 Å². The molecule has 3 rings (SSSR count). The maximum Gasteiger partial charge on any atom is 0.332 e. The maximum absolute atomic E-state index is 11.3. The van der Waals surface area contributed by atoms with Crippen molar-refractivity contribution in [3.05, 3.63) is 15.8 Å². The second-order valence-electron chi connectivity index (χ2n) is 5.19. The number of nitro groups is 1. The van der Waals surface area contributed by atoms with Crippen LogP contribution in [0.15, 0.2) is 0 Å². The first kappa shape index (κ1) is 12.1. The predicted molar refractivity (Wildman–Crippen MR) is 69.7 cm³/mol. The summed E-state index contributed by atoms with van der Waals surface area (Å²) in [6.45, 7) is 2.45. The molecular weight excluding hydrogens is 248 g/mol. The lowest BCUT2D eigenvalue weighted by molar-refractivity contribution is -0.385. The SMILES string of the molecule is Cc1nc(NN)nc(N2CC3CCC2C3)c1[N+](=O)[O-]. The van der Waals surface area contributed by atoms with Gasteiger partial charge in [0.15, 0.2) is 0 Å². The summed E-state index contributed by atoms with van der Waals surface area (Å²) in [7, 11) is 0. The van der Waals surface area contributed by atoms with Crippen LogP contribution in [0, 0.1) is 23.0 Å². The van der Waals surface area contributed by atoms with Crippen molar-refractivity contribution in [1.82, 2.24) is 9.97 Å². The van der Waals surface area contributed by atoms with Gasteiger partial charge in [0.25, 0.3) is 0 Å². The molecule has 2 fully saturated rings. The van der Waals surface area contributed by atoms with E-state index in [1.54, 1.807) is 6.92 Å². The van der Waals surface area contributed by atoms with Gasteiger partial charge in [-0.1, -0.05) is 0 Å². The summed E-state index contributed by atoms with van der Waals surface area (Å²) in [5.41, 5.74) is 2.70. The second-order valence-corrected chi connectivity index (χ2v) is 5.19. The second kappa shape index (κ2) is 4.30. The fourth-order valence-corrected chi connectivity index (χ4v) is 3.21. The van der Waals surface area contributed by atoms with Crippen LogP contribution >= 0.6 is 0 Å². The van der Waals surface area contributed by atoms with Crippen molar-refractivity contribution in [3.8, 4) is 0 Å². The predicted octanol–water partition coefficient (Wildman–Crippen LogP) is 0.968. The first-order valence-corrected chi connectivity index (χ1v) is 6.36. The number of fused-ring (bicyclic) bond motifs is 2. The van der Waals surface area contributed by atoms with Gasteiger partial charge in [-0.05, 0) is 32.1 Å². The van der Waals surface area contributed by atoms with Crippen molar-refractivity contribution in [2.75, 3.05) is 16.9 Å². The molecular formula is C11H16N6O2. The van der Waals surface area contributed by atoms with Crippen molar-refractivity contribution in [1.29, 1.82) is 0 Å². The van der Waals surface area contributed by atoms with Crippen LogP contribution in [0.2, 0.25) is 0 Å². The van der Waals surface area contributed by atoms with E-state index in [1.807, 2.05) is 4.90 Å². The molecule has 8 heteroatoms. The Balaban J connectivity index is 2.07. The summed E-state index contributed by atoms with van der Waals surface area (Å²) < 4.78 is 0. The number of aromatic nitrogens is 2. The highest BCUT2D eigenvalue weighted by molar-refractivity contribution is 5.63. The molecule has 2 unspecified atom stereocenters. The van der Waals surface area contributed by atoms with Crippen LogP contribution in [-0.4, -0.2) is 27.5 Å². The lowest BCUT2D eigenvalue weighted by Gasteiger charge is -2.27. The molecule has 19 heavy (non-hydrogen) atoms. The number of hydrazine groups is 1. The minimum atomic E-state index is -0.406. The molecule has 2 atom stereocenters. The fraction of sp³-hybridized carbons (Fsp3) is 0.636.